The number of rotatable bonds is 4. The Morgan fingerprint density at radius 3 is 3.06 bits per heavy atom. The number of thiophene rings is 1. The first-order chi connectivity index (χ1) is 7.81. The third kappa shape index (κ3) is 2.23. The number of hydrogen-bond acceptors (Lipinski definition) is 4. The molecular weight excluding hydrogens is 244 g/mol. The molecule has 0 radical (unpaired) electrons. The number of aromatic nitrogens is 1. The maximum atomic E-state index is 5.87. The number of nitrogens with one attached hydrogen (secondary N) is 1. The molecule has 5 heteroatoms. The van der Waals surface area contributed by atoms with E-state index >= 15 is 0 Å². The minimum absolute atomic E-state index is 0.763. The van der Waals surface area contributed by atoms with Crippen molar-refractivity contribution in [1.29, 1.82) is 0 Å². The molecule has 16 heavy (non-hydrogen) atoms. The number of halogens is 1. The Hall–Kier alpha value is -1.00. The Kier molecular flexibility index (Phi) is 2.61. The molecule has 2 heterocycles. The molecule has 0 unspecified atom stereocenters. The summed E-state index contributed by atoms with van der Waals surface area (Å²) in [7, 11) is 0. The van der Waals surface area contributed by atoms with Gasteiger partial charge < -0.3 is 9.84 Å². The average Bonchev–Trinajstić information content (AvgIpc) is 2.81. The van der Waals surface area contributed by atoms with Crippen LogP contribution in [0.3, 0.4) is 0 Å². The summed E-state index contributed by atoms with van der Waals surface area (Å²) in [6.45, 7) is 0.996. The lowest BCUT2D eigenvalue weighted by atomic mass is 10.2. The lowest BCUT2D eigenvalue weighted by Crippen LogP contribution is -2.02. The van der Waals surface area contributed by atoms with E-state index in [4.69, 9.17) is 16.1 Å². The first-order valence-electron chi connectivity index (χ1n) is 5.26. The SMILES string of the molecule is Clc1cc(-c2cc(NCC3CC3)no2)cs1. The van der Waals surface area contributed by atoms with E-state index in [1.54, 1.807) is 0 Å². The Labute approximate surface area is 102 Å². The predicted molar refractivity (Wildman–Crippen MR) is 66.0 cm³/mol. The van der Waals surface area contributed by atoms with Crippen LogP contribution in [0, 0.1) is 5.92 Å². The molecule has 3 nitrogen and oxygen atoms in total. The summed E-state index contributed by atoms with van der Waals surface area (Å²) in [4.78, 5) is 0. The molecule has 0 amide bonds. The van der Waals surface area contributed by atoms with Crippen molar-refractivity contribution in [2.45, 2.75) is 12.8 Å². The van der Waals surface area contributed by atoms with Crippen LogP contribution in [0.4, 0.5) is 5.82 Å². The van der Waals surface area contributed by atoms with Gasteiger partial charge in [0.15, 0.2) is 11.6 Å². The summed E-state index contributed by atoms with van der Waals surface area (Å²) in [5.41, 5.74) is 0.988. The Bertz CT molecular complexity index is 490. The van der Waals surface area contributed by atoms with Crippen molar-refractivity contribution in [3.8, 4) is 11.3 Å². The molecule has 1 aliphatic rings. The summed E-state index contributed by atoms with van der Waals surface area (Å²) in [6.07, 6.45) is 2.66. The van der Waals surface area contributed by atoms with Crippen molar-refractivity contribution in [3.63, 3.8) is 0 Å². The third-order valence-electron chi connectivity index (χ3n) is 2.63. The molecule has 3 rings (SSSR count). The lowest BCUT2D eigenvalue weighted by Gasteiger charge is -1.96. The van der Waals surface area contributed by atoms with Crippen molar-refractivity contribution in [2.75, 3.05) is 11.9 Å². The molecule has 1 fully saturated rings. The van der Waals surface area contributed by atoms with E-state index in [0.29, 0.717) is 0 Å². The van der Waals surface area contributed by atoms with E-state index in [-0.39, 0.29) is 0 Å². The molecule has 0 atom stereocenters. The predicted octanol–water partition coefficient (Wildman–Crippen LogP) is 3.88. The summed E-state index contributed by atoms with van der Waals surface area (Å²) in [5, 5.41) is 9.21. The van der Waals surface area contributed by atoms with Gasteiger partial charge in [0.2, 0.25) is 0 Å². The van der Waals surface area contributed by atoms with Crippen LogP contribution >= 0.6 is 22.9 Å². The van der Waals surface area contributed by atoms with Gasteiger partial charge in [0, 0.05) is 23.6 Å². The smallest absolute Gasteiger partial charge is 0.170 e. The summed E-state index contributed by atoms with van der Waals surface area (Å²) in [5.74, 6) is 2.40. The van der Waals surface area contributed by atoms with E-state index in [9.17, 15) is 0 Å². The van der Waals surface area contributed by atoms with Gasteiger partial charge in [-0.2, -0.15) is 0 Å². The van der Waals surface area contributed by atoms with Crippen LogP contribution in [0.1, 0.15) is 12.8 Å². The zero-order chi connectivity index (χ0) is 11.0. The molecule has 2 aromatic heterocycles. The Morgan fingerprint density at radius 1 is 1.50 bits per heavy atom. The van der Waals surface area contributed by atoms with Crippen LogP contribution in [0.2, 0.25) is 4.34 Å². The van der Waals surface area contributed by atoms with Crippen molar-refractivity contribution in [2.24, 2.45) is 5.92 Å². The van der Waals surface area contributed by atoms with E-state index in [1.165, 1.54) is 24.2 Å². The highest BCUT2D eigenvalue weighted by molar-refractivity contribution is 7.14. The van der Waals surface area contributed by atoms with E-state index < -0.39 is 0 Å². The fourth-order valence-corrected chi connectivity index (χ4v) is 2.37. The molecule has 1 saturated carbocycles. The quantitative estimate of drug-likeness (QED) is 0.900. The molecule has 84 valence electrons. The molecule has 1 aliphatic carbocycles. The molecule has 1 N–H and O–H groups in total. The normalized spacial score (nSPS) is 15.3. The van der Waals surface area contributed by atoms with Gasteiger partial charge in [-0.1, -0.05) is 16.8 Å². The second-order valence-electron chi connectivity index (χ2n) is 4.04. The highest BCUT2D eigenvalue weighted by Crippen LogP contribution is 2.31. The first kappa shape index (κ1) is 10.2. The summed E-state index contributed by atoms with van der Waals surface area (Å²) >= 11 is 7.36. The van der Waals surface area contributed by atoms with Crippen molar-refractivity contribution in [3.05, 3.63) is 21.8 Å². The summed E-state index contributed by atoms with van der Waals surface area (Å²) in [6, 6.07) is 3.80. The van der Waals surface area contributed by atoms with Gasteiger partial charge in [0.1, 0.15) is 0 Å². The van der Waals surface area contributed by atoms with Crippen LogP contribution in [-0.4, -0.2) is 11.7 Å². The monoisotopic (exact) mass is 254 g/mol. The van der Waals surface area contributed by atoms with Crippen LogP contribution in [0.5, 0.6) is 0 Å². The van der Waals surface area contributed by atoms with Crippen molar-refractivity contribution in [1.82, 2.24) is 5.16 Å². The zero-order valence-corrected chi connectivity index (χ0v) is 10.1. The van der Waals surface area contributed by atoms with E-state index in [1.807, 2.05) is 17.5 Å². The molecule has 0 saturated heterocycles. The van der Waals surface area contributed by atoms with Gasteiger partial charge in [-0.05, 0) is 24.8 Å². The number of nitrogens with zero attached hydrogens (tertiary/aromatic N) is 1. The minimum atomic E-state index is 0.763. The highest BCUT2D eigenvalue weighted by Gasteiger charge is 2.21. The lowest BCUT2D eigenvalue weighted by molar-refractivity contribution is 0.435. The Balaban J connectivity index is 1.71. The molecule has 0 spiro atoms. The van der Waals surface area contributed by atoms with Gasteiger partial charge in [-0.15, -0.1) is 11.3 Å². The number of hydrogen-bond donors (Lipinski definition) is 1. The maximum absolute atomic E-state index is 5.87. The van der Waals surface area contributed by atoms with Gasteiger partial charge in [-0.25, -0.2) is 0 Å². The van der Waals surface area contributed by atoms with Crippen molar-refractivity contribution >= 4 is 28.8 Å². The third-order valence-corrected chi connectivity index (χ3v) is 3.72. The zero-order valence-electron chi connectivity index (χ0n) is 8.57. The van der Waals surface area contributed by atoms with Gasteiger partial charge in [-0.3, -0.25) is 0 Å². The topological polar surface area (TPSA) is 38.1 Å². The van der Waals surface area contributed by atoms with Gasteiger partial charge in [0.25, 0.3) is 0 Å². The van der Waals surface area contributed by atoms with Crippen LogP contribution in [-0.2, 0) is 0 Å². The minimum Gasteiger partial charge on any atom is -0.367 e. The molecule has 0 aromatic carbocycles. The van der Waals surface area contributed by atoms with Crippen LogP contribution in [0.15, 0.2) is 22.0 Å². The summed E-state index contributed by atoms with van der Waals surface area (Å²) < 4.78 is 6.02. The molecule has 2 aromatic rings. The second-order valence-corrected chi connectivity index (χ2v) is 5.58. The fourth-order valence-electron chi connectivity index (χ4n) is 1.50. The van der Waals surface area contributed by atoms with Crippen LogP contribution in [0.25, 0.3) is 11.3 Å². The standard InChI is InChI=1S/C11H11ClN2OS/c12-10-3-8(6-16-10)9-4-11(14-15-9)13-5-7-1-2-7/h3-4,6-7H,1-2,5H2,(H,13,14). The maximum Gasteiger partial charge on any atom is 0.170 e. The molecular formula is C11H11ClN2OS. The number of anilines is 1. The highest BCUT2D eigenvalue weighted by atomic mass is 35.5. The van der Waals surface area contributed by atoms with Crippen molar-refractivity contribution < 1.29 is 4.52 Å². The largest absolute Gasteiger partial charge is 0.367 e. The molecule has 0 bridgehead atoms. The Morgan fingerprint density at radius 2 is 2.38 bits per heavy atom. The average molecular weight is 255 g/mol. The van der Waals surface area contributed by atoms with E-state index in [0.717, 1.165) is 33.9 Å². The fraction of sp³-hybridized carbons (Fsp3) is 0.364. The van der Waals surface area contributed by atoms with Gasteiger partial charge in [0.05, 0.1) is 4.34 Å². The second kappa shape index (κ2) is 4.11. The molecule has 0 aliphatic heterocycles. The van der Waals surface area contributed by atoms with Crippen LogP contribution < -0.4 is 5.32 Å². The van der Waals surface area contributed by atoms with Gasteiger partial charge >= 0.3 is 0 Å². The first-order valence-corrected chi connectivity index (χ1v) is 6.52. The van der Waals surface area contributed by atoms with E-state index in [2.05, 4.69) is 10.5 Å².